The summed E-state index contributed by atoms with van der Waals surface area (Å²) < 4.78 is 0. The van der Waals surface area contributed by atoms with E-state index in [1.54, 1.807) is 109 Å². The molecule has 212 valence electrons. The molecule has 43 heavy (non-hydrogen) atoms. The van der Waals surface area contributed by atoms with Gasteiger partial charge in [-0.1, -0.05) is 60.7 Å². The zero-order valence-electron chi connectivity index (χ0n) is 23.0. The summed E-state index contributed by atoms with van der Waals surface area (Å²) in [6.07, 6.45) is 0. The standard InChI is InChI=1S/C35H28N4O4/c40-32(36-23-24-10-7-17-29(20-24)37-33(41)25-11-3-1-4-12-25)27-15-8-16-28(21-27)35(43)39-31-19-9-18-30(22-31)38-34(42)26-13-5-2-6-14-26/h1-22H,23H2,(H,36,40)(H,37,41)(H,38,42)(H,39,43). The molecule has 0 spiro atoms. The molecule has 0 radical (unpaired) electrons. The second-order valence-electron chi connectivity index (χ2n) is 9.64. The third kappa shape index (κ3) is 7.80. The average Bonchev–Trinajstić information content (AvgIpc) is 3.05. The lowest BCUT2D eigenvalue weighted by atomic mass is 10.1. The van der Waals surface area contributed by atoms with Crippen molar-refractivity contribution in [3.63, 3.8) is 0 Å². The van der Waals surface area contributed by atoms with Gasteiger partial charge in [-0.15, -0.1) is 0 Å². The molecule has 5 aromatic carbocycles. The van der Waals surface area contributed by atoms with E-state index in [0.717, 1.165) is 5.56 Å². The molecule has 4 N–H and O–H groups in total. The molecule has 8 heteroatoms. The molecule has 0 fully saturated rings. The van der Waals surface area contributed by atoms with Crippen molar-refractivity contribution in [1.29, 1.82) is 0 Å². The number of carbonyl (C=O) groups is 4. The maximum Gasteiger partial charge on any atom is 0.255 e. The van der Waals surface area contributed by atoms with Crippen molar-refractivity contribution in [3.8, 4) is 0 Å². The first-order valence-corrected chi connectivity index (χ1v) is 13.6. The molecule has 0 saturated carbocycles. The molecule has 0 heterocycles. The van der Waals surface area contributed by atoms with E-state index >= 15 is 0 Å². The lowest BCUT2D eigenvalue weighted by Crippen LogP contribution is -2.23. The highest BCUT2D eigenvalue weighted by Gasteiger charge is 2.13. The molecular formula is C35H28N4O4. The van der Waals surface area contributed by atoms with Gasteiger partial charge in [0, 0.05) is 45.9 Å². The van der Waals surface area contributed by atoms with Crippen LogP contribution in [0.1, 0.15) is 47.0 Å². The van der Waals surface area contributed by atoms with Crippen LogP contribution in [0.3, 0.4) is 0 Å². The lowest BCUT2D eigenvalue weighted by Gasteiger charge is -2.11. The van der Waals surface area contributed by atoms with E-state index < -0.39 is 5.91 Å². The van der Waals surface area contributed by atoms with E-state index in [-0.39, 0.29) is 24.3 Å². The number of anilines is 3. The highest BCUT2D eigenvalue weighted by Crippen LogP contribution is 2.18. The monoisotopic (exact) mass is 568 g/mol. The van der Waals surface area contributed by atoms with Gasteiger partial charge in [-0.05, 0) is 78.4 Å². The summed E-state index contributed by atoms with van der Waals surface area (Å²) in [5.41, 5.74) is 4.13. The highest BCUT2D eigenvalue weighted by atomic mass is 16.2. The second kappa shape index (κ2) is 13.6. The zero-order valence-corrected chi connectivity index (χ0v) is 23.0. The summed E-state index contributed by atoms with van der Waals surface area (Å²) in [4.78, 5) is 50.8. The van der Waals surface area contributed by atoms with Crippen LogP contribution in [0.15, 0.2) is 133 Å². The predicted molar refractivity (Wildman–Crippen MR) is 167 cm³/mol. The first kappa shape index (κ1) is 28.5. The molecule has 0 unspecified atom stereocenters. The third-order valence-electron chi connectivity index (χ3n) is 6.48. The Kier molecular flexibility index (Phi) is 8.99. The Balaban J connectivity index is 1.17. The van der Waals surface area contributed by atoms with Gasteiger partial charge in [0.2, 0.25) is 0 Å². The SMILES string of the molecule is O=C(NCc1cccc(NC(=O)c2ccccc2)c1)c1cccc(C(=O)Nc2cccc(NC(=O)c3ccccc3)c2)c1. The van der Waals surface area contributed by atoms with Crippen LogP contribution in [0.5, 0.6) is 0 Å². The van der Waals surface area contributed by atoms with Gasteiger partial charge in [0.05, 0.1) is 0 Å². The molecule has 0 bridgehead atoms. The molecular weight excluding hydrogens is 540 g/mol. The van der Waals surface area contributed by atoms with Crippen LogP contribution in [0.4, 0.5) is 17.1 Å². The van der Waals surface area contributed by atoms with Crippen LogP contribution in [0.2, 0.25) is 0 Å². The van der Waals surface area contributed by atoms with Crippen molar-refractivity contribution in [2.24, 2.45) is 0 Å². The Hall–Kier alpha value is -6.02. The minimum Gasteiger partial charge on any atom is -0.348 e. The first-order valence-electron chi connectivity index (χ1n) is 13.6. The van der Waals surface area contributed by atoms with Gasteiger partial charge < -0.3 is 21.3 Å². The molecule has 0 aliphatic carbocycles. The number of rotatable bonds is 9. The van der Waals surface area contributed by atoms with Crippen molar-refractivity contribution in [1.82, 2.24) is 5.32 Å². The third-order valence-corrected chi connectivity index (χ3v) is 6.48. The number of hydrogen-bond acceptors (Lipinski definition) is 4. The quantitative estimate of drug-likeness (QED) is 0.165. The van der Waals surface area contributed by atoms with Crippen molar-refractivity contribution in [3.05, 3.63) is 161 Å². The van der Waals surface area contributed by atoms with E-state index in [1.807, 2.05) is 18.2 Å². The molecule has 5 aromatic rings. The van der Waals surface area contributed by atoms with Gasteiger partial charge in [0.15, 0.2) is 0 Å². The molecule has 0 aromatic heterocycles. The van der Waals surface area contributed by atoms with Crippen molar-refractivity contribution in [2.75, 3.05) is 16.0 Å². The highest BCUT2D eigenvalue weighted by molar-refractivity contribution is 6.07. The van der Waals surface area contributed by atoms with E-state index in [1.165, 1.54) is 6.07 Å². The van der Waals surface area contributed by atoms with Gasteiger partial charge in [-0.2, -0.15) is 0 Å². The van der Waals surface area contributed by atoms with Gasteiger partial charge >= 0.3 is 0 Å². The molecule has 0 aliphatic rings. The van der Waals surface area contributed by atoms with Gasteiger partial charge in [0.25, 0.3) is 23.6 Å². The number of nitrogens with one attached hydrogen (secondary N) is 4. The number of amides is 4. The predicted octanol–water partition coefficient (Wildman–Crippen LogP) is 6.37. The van der Waals surface area contributed by atoms with Crippen LogP contribution < -0.4 is 21.3 Å². The van der Waals surface area contributed by atoms with Crippen molar-refractivity contribution < 1.29 is 19.2 Å². The molecule has 0 aliphatic heterocycles. The topological polar surface area (TPSA) is 116 Å². The molecule has 8 nitrogen and oxygen atoms in total. The largest absolute Gasteiger partial charge is 0.348 e. The van der Waals surface area contributed by atoms with Crippen LogP contribution in [-0.4, -0.2) is 23.6 Å². The number of benzene rings is 5. The normalized spacial score (nSPS) is 10.3. The van der Waals surface area contributed by atoms with Gasteiger partial charge in [-0.3, -0.25) is 19.2 Å². The van der Waals surface area contributed by atoms with E-state index in [9.17, 15) is 19.2 Å². The maximum atomic E-state index is 13.0. The lowest BCUT2D eigenvalue weighted by molar-refractivity contribution is 0.0949. The summed E-state index contributed by atoms with van der Waals surface area (Å²) in [6, 6.07) is 38.2. The maximum absolute atomic E-state index is 13.0. The van der Waals surface area contributed by atoms with Crippen molar-refractivity contribution in [2.45, 2.75) is 6.54 Å². The molecule has 0 atom stereocenters. The Bertz CT molecular complexity index is 1770. The second-order valence-corrected chi connectivity index (χ2v) is 9.64. The Morgan fingerprint density at radius 1 is 0.395 bits per heavy atom. The van der Waals surface area contributed by atoms with E-state index in [2.05, 4.69) is 21.3 Å². The fraction of sp³-hybridized carbons (Fsp3) is 0.0286. The molecule has 0 saturated heterocycles. The minimum atomic E-state index is -0.400. The minimum absolute atomic E-state index is 0.222. The van der Waals surface area contributed by atoms with Crippen LogP contribution in [0.25, 0.3) is 0 Å². The van der Waals surface area contributed by atoms with Crippen LogP contribution in [0, 0.1) is 0 Å². The van der Waals surface area contributed by atoms with Crippen LogP contribution in [-0.2, 0) is 6.54 Å². The van der Waals surface area contributed by atoms with Crippen LogP contribution >= 0.6 is 0 Å². The van der Waals surface area contributed by atoms with Gasteiger partial charge in [0.1, 0.15) is 0 Å². The fourth-order valence-electron chi connectivity index (χ4n) is 4.31. The molecule has 4 amide bonds. The van der Waals surface area contributed by atoms with Gasteiger partial charge in [-0.25, -0.2) is 0 Å². The zero-order chi connectivity index (χ0) is 30.0. The number of carbonyl (C=O) groups excluding carboxylic acids is 4. The number of hydrogen-bond donors (Lipinski definition) is 4. The Morgan fingerprint density at radius 2 is 0.814 bits per heavy atom. The van der Waals surface area contributed by atoms with E-state index in [4.69, 9.17) is 0 Å². The smallest absolute Gasteiger partial charge is 0.255 e. The summed E-state index contributed by atoms with van der Waals surface area (Å²) in [7, 11) is 0. The van der Waals surface area contributed by atoms with E-state index in [0.29, 0.717) is 39.3 Å². The Labute approximate surface area is 248 Å². The summed E-state index contributed by atoms with van der Waals surface area (Å²) in [5.74, 6) is -1.23. The fourth-order valence-corrected chi connectivity index (χ4v) is 4.31. The molecule has 5 rings (SSSR count). The average molecular weight is 569 g/mol. The summed E-state index contributed by atoms with van der Waals surface area (Å²) in [6.45, 7) is 0.228. The first-order chi connectivity index (χ1) is 20.9. The summed E-state index contributed by atoms with van der Waals surface area (Å²) >= 11 is 0. The van der Waals surface area contributed by atoms with Crippen molar-refractivity contribution >= 4 is 40.7 Å². The summed E-state index contributed by atoms with van der Waals surface area (Å²) in [5, 5.41) is 11.4. The Morgan fingerprint density at radius 3 is 1.37 bits per heavy atom.